The summed E-state index contributed by atoms with van der Waals surface area (Å²) in [5, 5.41) is 4.21. The van der Waals surface area contributed by atoms with Gasteiger partial charge in [0.15, 0.2) is 5.65 Å². The first-order valence-electron chi connectivity index (χ1n) is 8.33. The molecule has 2 unspecified atom stereocenters. The molecular formula is C17H19N7. The Bertz CT molecular complexity index is 886. The van der Waals surface area contributed by atoms with E-state index in [1.165, 1.54) is 6.42 Å². The van der Waals surface area contributed by atoms with Gasteiger partial charge in [0.2, 0.25) is 5.95 Å². The van der Waals surface area contributed by atoms with E-state index in [-0.39, 0.29) is 0 Å². The summed E-state index contributed by atoms with van der Waals surface area (Å²) in [5.41, 5.74) is 2.95. The van der Waals surface area contributed by atoms with E-state index in [1.54, 1.807) is 10.7 Å². The Balaban J connectivity index is 1.40. The second-order valence-corrected chi connectivity index (χ2v) is 6.73. The number of aromatic nitrogens is 5. The Morgan fingerprint density at radius 2 is 1.75 bits per heavy atom. The molecule has 2 atom stereocenters. The molecule has 0 aromatic carbocycles. The van der Waals surface area contributed by atoms with Crippen molar-refractivity contribution < 1.29 is 0 Å². The number of rotatable bonds is 2. The normalized spacial score (nSPS) is 22.8. The molecule has 0 radical (unpaired) electrons. The standard InChI is InChI=1S/C17H19N7/c1-11-7-12(2)20-17(19-11)22-9-13-8-14(10-22)24(13)16-4-6-23-15(21-16)3-5-18-23/h3-7,13-14H,8-10H2,1-2H3. The third-order valence-corrected chi connectivity index (χ3v) is 4.95. The predicted octanol–water partition coefficient (Wildman–Crippen LogP) is 1.60. The van der Waals surface area contributed by atoms with Crippen LogP contribution in [0, 0.1) is 13.8 Å². The Labute approximate surface area is 140 Å². The number of piperidine rings is 1. The first-order valence-corrected chi connectivity index (χ1v) is 8.33. The zero-order valence-corrected chi connectivity index (χ0v) is 13.8. The SMILES string of the molecule is Cc1cc(C)nc(N2CC3CC(C2)N3c2ccn3nccc3n2)n1. The quantitative estimate of drug-likeness (QED) is 0.714. The second-order valence-electron chi connectivity index (χ2n) is 6.73. The Hall–Kier alpha value is -2.70. The van der Waals surface area contributed by atoms with E-state index in [0.29, 0.717) is 12.1 Å². The third kappa shape index (κ3) is 2.04. The first-order chi connectivity index (χ1) is 11.7. The predicted molar refractivity (Wildman–Crippen MR) is 91.4 cm³/mol. The van der Waals surface area contributed by atoms with Crippen LogP contribution in [0.3, 0.4) is 0 Å². The average Bonchev–Trinajstić information content (AvgIpc) is 3.02. The molecule has 24 heavy (non-hydrogen) atoms. The lowest BCUT2D eigenvalue weighted by molar-refractivity contribution is 0.286. The fourth-order valence-electron chi connectivity index (χ4n) is 3.94. The zero-order chi connectivity index (χ0) is 16.3. The van der Waals surface area contributed by atoms with E-state index in [1.807, 2.05) is 32.2 Å². The van der Waals surface area contributed by atoms with Gasteiger partial charge in [-0.05, 0) is 32.4 Å². The highest BCUT2D eigenvalue weighted by Crippen LogP contribution is 2.37. The number of piperazine rings is 1. The molecule has 3 aromatic heterocycles. The van der Waals surface area contributed by atoms with Crippen molar-refractivity contribution in [1.82, 2.24) is 24.6 Å². The molecule has 3 saturated heterocycles. The summed E-state index contributed by atoms with van der Waals surface area (Å²) < 4.78 is 1.80. The molecule has 0 amide bonds. The molecule has 7 nitrogen and oxygen atoms in total. The molecule has 6 rings (SSSR count). The van der Waals surface area contributed by atoms with Crippen molar-refractivity contribution in [2.24, 2.45) is 0 Å². The third-order valence-electron chi connectivity index (χ3n) is 4.95. The van der Waals surface area contributed by atoms with E-state index >= 15 is 0 Å². The van der Waals surface area contributed by atoms with Gasteiger partial charge in [0, 0.05) is 36.7 Å². The maximum absolute atomic E-state index is 4.74. The van der Waals surface area contributed by atoms with Gasteiger partial charge >= 0.3 is 0 Å². The van der Waals surface area contributed by atoms with Crippen LogP contribution in [0.25, 0.3) is 5.65 Å². The molecular weight excluding hydrogens is 302 g/mol. The minimum atomic E-state index is 0.478. The molecule has 2 bridgehead atoms. The number of fused-ring (bicyclic) bond motifs is 3. The number of hydrogen-bond donors (Lipinski definition) is 0. The molecule has 3 aliphatic heterocycles. The van der Waals surface area contributed by atoms with Crippen LogP contribution in [-0.2, 0) is 0 Å². The molecule has 0 N–H and O–H groups in total. The van der Waals surface area contributed by atoms with Crippen molar-refractivity contribution in [3.63, 3.8) is 0 Å². The van der Waals surface area contributed by atoms with Crippen molar-refractivity contribution in [2.45, 2.75) is 32.4 Å². The molecule has 0 spiro atoms. The summed E-state index contributed by atoms with van der Waals surface area (Å²) in [6.07, 6.45) is 4.98. The topological polar surface area (TPSA) is 62.5 Å². The van der Waals surface area contributed by atoms with Gasteiger partial charge in [-0.1, -0.05) is 0 Å². The molecule has 6 heterocycles. The molecule has 0 aliphatic carbocycles. The lowest BCUT2D eigenvalue weighted by Crippen LogP contribution is -2.69. The highest BCUT2D eigenvalue weighted by molar-refractivity contribution is 5.54. The fraction of sp³-hybridized carbons (Fsp3) is 0.412. The lowest BCUT2D eigenvalue weighted by atomic mass is 9.87. The number of anilines is 2. The fourth-order valence-corrected chi connectivity index (χ4v) is 3.94. The zero-order valence-electron chi connectivity index (χ0n) is 13.8. The minimum Gasteiger partial charge on any atom is -0.347 e. The number of aryl methyl sites for hydroxylation is 2. The maximum Gasteiger partial charge on any atom is 0.225 e. The lowest BCUT2D eigenvalue weighted by Gasteiger charge is -2.56. The minimum absolute atomic E-state index is 0.478. The summed E-state index contributed by atoms with van der Waals surface area (Å²) in [4.78, 5) is 18.7. The highest BCUT2D eigenvalue weighted by atomic mass is 15.4. The van der Waals surface area contributed by atoms with E-state index in [4.69, 9.17) is 4.98 Å². The van der Waals surface area contributed by atoms with Crippen LogP contribution in [0.1, 0.15) is 17.8 Å². The largest absolute Gasteiger partial charge is 0.347 e. The van der Waals surface area contributed by atoms with Crippen molar-refractivity contribution in [2.75, 3.05) is 22.9 Å². The highest BCUT2D eigenvalue weighted by Gasteiger charge is 2.46. The monoisotopic (exact) mass is 321 g/mol. The van der Waals surface area contributed by atoms with E-state index in [2.05, 4.69) is 30.9 Å². The first kappa shape index (κ1) is 13.7. The van der Waals surface area contributed by atoms with Crippen molar-refractivity contribution in [3.05, 3.63) is 42.0 Å². The van der Waals surface area contributed by atoms with Crippen molar-refractivity contribution in [1.29, 1.82) is 0 Å². The van der Waals surface area contributed by atoms with Gasteiger partial charge in [0.05, 0.1) is 18.3 Å². The summed E-state index contributed by atoms with van der Waals surface area (Å²) in [6, 6.07) is 6.97. The van der Waals surface area contributed by atoms with Crippen LogP contribution >= 0.6 is 0 Å². The van der Waals surface area contributed by atoms with Crippen LogP contribution in [-0.4, -0.2) is 49.7 Å². The summed E-state index contributed by atoms with van der Waals surface area (Å²) >= 11 is 0. The van der Waals surface area contributed by atoms with Crippen LogP contribution < -0.4 is 9.80 Å². The van der Waals surface area contributed by atoms with Gasteiger partial charge in [0.25, 0.3) is 0 Å². The van der Waals surface area contributed by atoms with Gasteiger partial charge in [-0.2, -0.15) is 5.10 Å². The van der Waals surface area contributed by atoms with Crippen LogP contribution in [0.4, 0.5) is 11.8 Å². The van der Waals surface area contributed by atoms with Crippen molar-refractivity contribution >= 4 is 17.4 Å². The van der Waals surface area contributed by atoms with Gasteiger partial charge in [-0.15, -0.1) is 0 Å². The van der Waals surface area contributed by atoms with Crippen LogP contribution in [0.15, 0.2) is 30.6 Å². The van der Waals surface area contributed by atoms with Crippen molar-refractivity contribution in [3.8, 4) is 0 Å². The summed E-state index contributed by atoms with van der Waals surface area (Å²) in [7, 11) is 0. The number of nitrogens with zero attached hydrogens (tertiary/aromatic N) is 7. The summed E-state index contributed by atoms with van der Waals surface area (Å²) in [5.74, 6) is 1.91. The smallest absolute Gasteiger partial charge is 0.225 e. The molecule has 122 valence electrons. The Morgan fingerprint density at radius 3 is 2.50 bits per heavy atom. The Morgan fingerprint density at radius 1 is 1.00 bits per heavy atom. The van der Waals surface area contributed by atoms with Crippen LogP contribution in [0.2, 0.25) is 0 Å². The number of hydrogen-bond acceptors (Lipinski definition) is 6. The van der Waals surface area contributed by atoms with Crippen LogP contribution in [0.5, 0.6) is 0 Å². The van der Waals surface area contributed by atoms with Gasteiger partial charge in [0.1, 0.15) is 5.82 Å². The van der Waals surface area contributed by atoms with E-state index in [0.717, 1.165) is 41.9 Å². The second kappa shape index (κ2) is 4.90. The van der Waals surface area contributed by atoms with E-state index in [9.17, 15) is 0 Å². The molecule has 3 aromatic rings. The Kier molecular flexibility index (Phi) is 2.80. The maximum atomic E-state index is 4.74. The molecule has 0 saturated carbocycles. The molecule has 7 heteroatoms. The molecule has 3 aliphatic rings. The average molecular weight is 321 g/mol. The summed E-state index contributed by atoms with van der Waals surface area (Å²) in [6.45, 7) is 5.96. The van der Waals surface area contributed by atoms with E-state index < -0.39 is 0 Å². The van der Waals surface area contributed by atoms with Gasteiger partial charge < -0.3 is 9.80 Å². The molecule has 3 fully saturated rings. The van der Waals surface area contributed by atoms with Gasteiger partial charge in [-0.3, -0.25) is 0 Å². The van der Waals surface area contributed by atoms with Gasteiger partial charge in [-0.25, -0.2) is 19.5 Å².